The van der Waals surface area contributed by atoms with E-state index in [1.54, 1.807) is 46.7 Å². The van der Waals surface area contributed by atoms with Crippen LogP contribution in [-0.4, -0.2) is 10.9 Å². The quantitative estimate of drug-likeness (QED) is 0.105. The Morgan fingerprint density at radius 2 is 0.395 bits per heavy atom. The van der Waals surface area contributed by atoms with Crippen LogP contribution in [0.4, 0.5) is 0 Å². The molecule has 86 heavy (non-hydrogen) atoms. The zero-order valence-electron chi connectivity index (χ0n) is 52.2. The van der Waals surface area contributed by atoms with Crippen LogP contribution in [0.25, 0.3) is 89.0 Å². The summed E-state index contributed by atoms with van der Waals surface area (Å²) in [4.78, 5) is 0. The summed E-state index contributed by atoms with van der Waals surface area (Å²) in [5.74, 6) is 2.06. The van der Waals surface area contributed by atoms with Gasteiger partial charge in [-0.25, -0.2) is 0 Å². The number of benzene rings is 4. The number of hydrogen-bond acceptors (Lipinski definition) is 0. The largest absolute Gasteiger partial charge is 1.00 e. The third kappa shape index (κ3) is 20.8. The van der Waals surface area contributed by atoms with Crippen LogP contribution in [0.2, 0.25) is 26.2 Å². The van der Waals surface area contributed by atoms with E-state index in [0.29, 0.717) is 23.7 Å². The van der Waals surface area contributed by atoms with E-state index in [1.165, 1.54) is 111 Å². The minimum Gasteiger partial charge on any atom is -1.00 e. The summed E-state index contributed by atoms with van der Waals surface area (Å²) in [6.45, 7) is 27.0. The zero-order valence-corrected chi connectivity index (χ0v) is 60.6. The van der Waals surface area contributed by atoms with Gasteiger partial charge in [-0.1, -0.05) is 248 Å². The fourth-order valence-electron chi connectivity index (χ4n) is 9.68. The molecule has 8 aliphatic rings. The molecular formula is C80H80Cl2Si2Zr2-2. The molecule has 0 N–H and O–H groups in total. The molecular weight excluding hydrogens is 1270 g/mol. The molecule has 4 aromatic rings. The summed E-state index contributed by atoms with van der Waals surface area (Å²) < 4.78 is 0. The number of hydrogen-bond donors (Lipinski definition) is 0. The summed E-state index contributed by atoms with van der Waals surface area (Å²) in [5, 5.41) is 0. The summed E-state index contributed by atoms with van der Waals surface area (Å²) in [6.07, 6.45) is 0. The molecule has 432 valence electrons. The first kappa shape index (κ1) is 71.2. The SMILES string of the molecule is CC(C)c1[c-]c2ccccc(-c3ccccc3)c-2c1.CC(C)c1[c-]c2ccccc(-c3ccccc3)c-2c1.CC(C)c1[c-]c2ccccc(-c3ccccc3)c-2c1.CC(C)c1[c-]c2ccccc(-c3ccccc3)c-2c1.C[Si](C)=[Zr+2].C[Si](C)=[Zr+2].[Cl-].[Cl-]. The van der Waals surface area contributed by atoms with Crippen LogP contribution in [0, 0.1) is 24.3 Å². The smallest absolute Gasteiger partial charge is 1.00 e. The van der Waals surface area contributed by atoms with Crippen LogP contribution in [0.3, 0.4) is 0 Å². The van der Waals surface area contributed by atoms with Crippen LogP contribution >= 0.6 is 0 Å². The molecule has 0 fully saturated rings. The Labute approximate surface area is 560 Å². The fraction of sp³-hybridized carbons (Fsp3) is 0.200. The second kappa shape index (κ2) is 36.1. The number of rotatable bonds is 8. The summed E-state index contributed by atoms with van der Waals surface area (Å²) in [6, 6.07) is 99.6. The Bertz CT molecular complexity index is 3320. The van der Waals surface area contributed by atoms with Crippen molar-refractivity contribution in [3.8, 4) is 89.0 Å². The normalized spacial score (nSPS) is 10.5. The van der Waals surface area contributed by atoms with Gasteiger partial charge >= 0.3 is 83.7 Å². The monoisotopic (exact) mass is 1350 g/mol. The molecule has 4 aromatic carbocycles. The molecule has 0 heterocycles. The first-order valence-electron chi connectivity index (χ1n) is 29.5. The fourth-order valence-corrected chi connectivity index (χ4v) is 9.68. The minimum atomic E-state index is 0. The van der Waals surface area contributed by atoms with Crippen LogP contribution in [0.15, 0.2) is 243 Å². The topological polar surface area (TPSA) is 0 Å². The van der Waals surface area contributed by atoms with Gasteiger partial charge in [-0.15, -0.1) is 117 Å². The van der Waals surface area contributed by atoms with Gasteiger partial charge in [-0.2, -0.15) is 46.5 Å². The van der Waals surface area contributed by atoms with E-state index in [9.17, 15) is 0 Å². The molecule has 0 atom stereocenters. The van der Waals surface area contributed by atoms with E-state index in [-0.39, 0.29) is 35.7 Å². The van der Waals surface area contributed by atoms with E-state index in [2.05, 4.69) is 348 Å². The number of fused-ring (bicyclic) bond motifs is 4. The maximum Gasteiger partial charge on any atom is -1.00 e. The van der Waals surface area contributed by atoms with Crippen molar-refractivity contribution in [3.63, 3.8) is 0 Å². The van der Waals surface area contributed by atoms with Crippen molar-refractivity contribution < 1.29 is 71.5 Å². The first-order valence-corrected chi connectivity index (χ1v) is 41.9. The predicted octanol–water partition coefficient (Wildman–Crippen LogP) is 17.1. The summed E-state index contributed by atoms with van der Waals surface area (Å²) >= 11 is 3.48. The first-order chi connectivity index (χ1) is 40.5. The molecule has 8 aliphatic carbocycles. The molecule has 0 unspecified atom stereocenters. The van der Waals surface area contributed by atoms with Crippen molar-refractivity contribution in [2.75, 3.05) is 0 Å². The van der Waals surface area contributed by atoms with E-state index in [1.807, 2.05) is 0 Å². The average molecular weight is 1350 g/mol. The van der Waals surface area contributed by atoms with Gasteiger partial charge in [0.1, 0.15) is 0 Å². The van der Waals surface area contributed by atoms with Gasteiger partial charge in [0, 0.05) is 0 Å². The van der Waals surface area contributed by atoms with Gasteiger partial charge in [0.15, 0.2) is 0 Å². The van der Waals surface area contributed by atoms with Gasteiger partial charge < -0.3 is 24.8 Å². The van der Waals surface area contributed by atoms with Gasteiger partial charge in [-0.05, 0) is 45.9 Å². The van der Waals surface area contributed by atoms with E-state index < -0.39 is 0 Å². The molecule has 6 heteroatoms. The molecule has 0 spiro atoms. The molecule has 0 aromatic heterocycles. The van der Waals surface area contributed by atoms with Crippen LogP contribution < -0.4 is 24.8 Å². The third-order valence-electron chi connectivity index (χ3n) is 14.0. The molecule has 0 aliphatic heterocycles. The number of halogens is 2. The average Bonchev–Trinajstić information content (AvgIpc) is 2.89. The van der Waals surface area contributed by atoms with E-state index in [4.69, 9.17) is 0 Å². The van der Waals surface area contributed by atoms with Gasteiger partial charge in [0.2, 0.25) is 0 Å². The second-order valence-corrected chi connectivity index (χ2v) is 41.6. The Morgan fingerprint density at radius 3 is 0.558 bits per heavy atom. The minimum absolute atomic E-state index is 0. The molecule has 0 amide bonds. The van der Waals surface area contributed by atoms with Crippen LogP contribution in [0.5, 0.6) is 0 Å². The van der Waals surface area contributed by atoms with Gasteiger partial charge in [0.25, 0.3) is 0 Å². The zero-order chi connectivity index (χ0) is 60.1. The molecule has 0 radical (unpaired) electrons. The molecule has 0 saturated carbocycles. The standard InChI is InChI=1S/4C19H17.2C2H6Si.2ClH.2Zr/c4*1-14(2)17-12-16-10-6-7-11-18(19(16)13-17)15-8-4-3-5-9-15;2*1-3-2;;;;/h4*3-11,13-14H,1-2H3;2*1-2H3;2*1H;;/q4*-1;;;;;2*+2/p-2. The second-order valence-electron chi connectivity index (χ2n) is 22.8. The summed E-state index contributed by atoms with van der Waals surface area (Å²) in [7, 11) is 0. The van der Waals surface area contributed by atoms with Crippen molar-refractivity contribution in [3.05, 3.63) is 289 Å². The van der Waals surface area contributed by atoms with Crippen LogP contribution in [-0.2, 0) is 46.7 Å². The van der Waals surface area contributed by atoms with Gasteiger partial charge in [-0.3, -0.25) is 0 Å². The Balaban J connectivity index is 0.000000199. The maximum absolute atomic E-state index is 3.53. The third-order valence-corrected chi connectivity index (χ3v) is 14.0. The Hall–Kier alpha value is -5.54. The van der Waals surface area contributed by atoms with Crippen LogP contribution in [0.1, 0.15) is 101 Å². The van der Waals surface area contributed by atoms with Crippen molar-refractivity contribution in [1.29, 1.82) is 0 Å². The Kier molecular flexibility index (Phi) is 29.9. The van der Waals surface area contributed by atoms with Crippen molar-refractivity contribution in [1.82, 2.24) is 0 Å². The summed E-state index contributed by atoms with van der Waals surface area (Å²) in [5.41, 5.74) is 25.7. The van der Waals surface area contributed by atoms with Crippen molar-refractivity contribution in [2.24, 2.45) is 0 Å². The molecule has 0 bridgehead atoms. The maximum atomic E-state index is 3.53. The van der Waals surface area contributed by atoms with Crippen molar-refractivity contribution in [2.45, 2.75) is 105 Å². The van der Waals surface area contributed by atoms with E-state index in [0.717, 1.165) is 0 Å². The Morgan fingerprint density at radius 1 is 0.244 bits per heavy atom. The molecule has 12 rings (SSSR count). The van der Waals surface area contributed by atoms with Gasteiger partial charge in [0.05, 0.1) is 0 Å². The molecule has 0 nitrogen and oxygen atoms in total. The molecule has 0 saturated heterocycles. The predicted molar refractivity (Wildman–Crippen MR) is 361 cm³/mol. The van der Waals surface area contributed by atoms with Crippen molar-refractivity contribution >= 4 is 10.9 Å². The van der Waals surface area contributed by atoms with E-state index >= 15 is 0 Å².